The Morgan fingerprint density at radius 1 is 1.09 bits per heavy atom. The summed E-state index contributed by atoms with van der Waals surface area (Å²) in [6.45, 7) is 6.65. The first kappa shape index (κ1) is 18.4. The number of hydrogen-bond acceptors (Lipinski definition) is 3. The van der Waals surface area contributed by atoms with Gasteiger partial charge in [-0.2, -0.15) is 0 Å². The molecule has 0 aromatic heterocycles. The van der Waals surface area contributed by atoms with Crippen molar-refractivity contribution in [2.75, 3.05) is 13.2 Å². The van der Waals surface area contributed by atoms with E-state index in [4.69, 9.17) is 0 Å². The van der Waals surface area contributed by atoms with Gasteiger partial charge in [-0.05, 0) is 36.0 Å². The lowest BCUT2D eigenvalue weighted by atomic mass is 9.75. The van der Waals surface area contributed by atoms with E-state index in [2.05, 4.69) is 25.5 Å². The normalized spacial score (nSPS) is 18.8. The highest BCUT2D eigenvalue weighted by molar-refractivity contribution is 7.89. The van der Waals surface area contributed by atoms with E-state index in [0.29, 0.717) is 6.54 Å². The van der Waals surface area contributed by atoms with Gasteiger partial charge >= 0.3 is 0 Å². The van der Waals surface area contributed by atoms with Crippen LogP contribution >= 0.6 is 0 Å². The van der Waals surface area contributed by atoms with Crippen LogP contribution in [0.3, 0.4) is 0 Å². The number of aliphatic hydroxyl groups is 1. The van der Waals surface area contributed by atoms with Gasteiger partial charge in [-0.3, -0.25) is 0 Å². The Kier molecular flexibility index (Phi) is 5.54. The Morgan fingerprint density at radius 2 is 1.65 bits per heavy atom. The van der Waals surface area contributed by atoms with Gasteiger partial charge in [0.2, 0.25) is 10.0 Å². The van der Waals surface area contributed by atoms with Crippen LogP contribution in [0.2, 0.25) is 0 Å². The lowest BCUT2D eigenvalue weighted by Gasteiger charge is -2.35. The van der Waals surface area contributed by atoms with Crippen molar-refractivity contribution in [1.82, 2.24) is 4.72 Å². The molecule has 0 amide bonds. The fourth-order valence-corrected chi connectivity index (χ4v) is 4.32. The minimum Gasteiger partial charge on any atom is -0.396 e. The van der Waals surface area contributed by atoms with Gasteiger partial charge in [0.25, 0.3) is 0 Å². The average Bonchev–Trinajstić information content (AvgIpc) is 2.53. The molecule has 2 rings (SSSR count). The van der Waals surface area contributed by atoms with E-state index in [1.54, 1.807) is 12.1 Å². The molecule has 0 unspecified atom stereocenters. The first-order valence-electron chi connectivity index (χ1n) is 8.40. The third kappa shape index (κ3) is 4.55. The zero-order chi connectivity index (χ0) is 17.1. The third-order valence-electron chi connectivity index (χ3n) is 4.92. The number of hydrogen-bond donors (Lipinski definition) is 2. The highest BCUT2D eigenvalue weighted by Crippen LogP contribution is 2.35. The van der Waals surface area contributed by atoms with Crippen LogP contribution in [0.1, 0.15) is 58.4 Å². The van der Waals surface area contributed by atoms with Crippen molar-refractivity contribution in [1.29, 1.82) is 0 Å². The zero-order valence-electron chi connectivity index (χ0n) is 14.4. The Labute approximate surface area is 140 Å². The Hall–Kier alpha value is -0.910. The highest BCUT2D eigenvalue weighted by atomic mass is 32.2. The predicted octanol–water partition coefficient (Wildman–Crippen LogP) is 3.21. The Bertz CT molecular complexity index is 609. The summed E-state index contributed by atoms with van der Waals surface area (Å²) in [6, 6.07) is 7.07. The van der Waals surface area contributed by atoms with Crippen LogP contribution in [0.4, 0.5) is 0 Å². The van der Waals surface area contributed by atoms with E-state index in [0.717, 1.165) is 31.2 Å². The highest BCUT2D eigenvalue weighted by Gasteiger charge is 2.32. The van der Waals surface area contributed by atoms with Gasteiger partial charge in [0.1, 0.15) is 0 Å². The summed E-state index contributed by atoms with van der Waals surface area (Å²) >= 11 is 0. The molecule has 2 N–H and O–H groups in total. The third-order valence-corrected chi connectivity index (χ3v) is 6.33. The van der Waals surface area contributed by atoms with E-state index >= 15 is 0 Å². The van der Waals surface area contributed by atoms with Crippen molar-refractivity contribution >= 4 is 10.0 Å². The molecule has 5 heteroatoms. The van der Waals surface area contributed by atoms with Crippen molar-refractivity contribution in [3.63, 3.8) is 0 Å². The van der Waals surface area contributed by atoms with Gasteiger partial charge < -0.3 is 5.11 Å². The standard InChI is InChI=1S/C18H29NO3S/c1-17(2,3)15-7-9-16(10-8-15)23(21,22)19-13-18(14-20)11-5-4-6-12-18/h7-10,19-20H,4-6,11-14H2,1-3H3. The van der Waals surface area contributed by atoms with Gasteiger partial charge in [-0.15, -0.1) is 0 Å². The van der Waals surface area contributed by atoms with Crippen molar-refractivity contribution in [3.8, 4) is 0 Å². The monoisotopic (exact) mass is 339 g/mol. The smallest absolute Gasteiger partial charge is 0.240 e. The zero-order valence-corrected chi connectivity index (χ0v) is 15.2. The molecule has 23 heavy (non-hydrogen) atoms. The fraction of sp³-hybridized carbons (Fsp3) is 0.667. The lowest BCUT2D eigenvalue weighted by molar-refractivity contribution is 0.0867. The molecule has 1 aromatic carbocycles. The van der Waals surface area contributed by atoms with Crippen LogP contribution in [-0.2, 0) is 15.4 Å². The summed E-state index contributed by atoms with van der Waals surface area (Å²) in [4.78, 5) is 0.286. The summed E-state index contributed by atoms with van der Waals surface area (Å²) in [7, 11) is -3.53. The topological polar surface area (TPSA) is 66.4 Å². The van der Waals surface area contributed by atoms with Gasteiger partial charge in [0.05, 0.1) is 4.90 Å². The number of sulfonamides is 1. The Morgan fingerprint density at radius 3 is 2.13 bits per heavy atom. The molecule has 0 aliphatic heterocycles. The fourth-order valence-electron chi connectivity index (χ4n) is 3.16. The molecule has 1 aromatic rings. The van der Waals surface area contributed by atoms with Crippen molar-refractivity contribution in [3.05, 3.63) is 29.8 Å². The van der Waals surface area contributed by atoms with E-state index < -0.39 is 10.0 Å². The number of rotatable bonds is 5. The minimum atomic E-state index is -3.53. The van der Waals surface area contributed by atoms with Crippen LogP contribution in [0, 0.1) is 5.41 Å². The lowest BCUT2D eigenvalue weighted by Crippen LogP contribution is -2.41. The molecule has 0 heterocycles. The molecule has 1 aliphatic carbocycles. The molecule has 1 fully saturated rings. The number of aliphatic hydroxyl groups excluding tert-OH is 1. The Balaban J connectivity index is 2.09. The average molecular weight is 340 g/mol. The molecule has 1 saturated carbocycles. The van der Waals surface area contributed by atoms with E-state index in [1.807, 2.05) is 12.1 Å². The molecule has 130 valence electrons. The summed E-state index contributed by atoms with van der Waals surface area (Å²) in [6.07, 6.45) is 5.05. The SMILES string of the molecule is CC(C)(C)c1ccc(S(=O)(=O)NCC2(CO)CCCCC2)cc1. The number of nitrogens with one attached hydrogen (secondary N) is 1. The van der Waals surface area contributed by atoms with Gasteiger partial charge in [-0.25, -0.2) is 13.1 Å². The van der Waals surface area contributed by atoms with Crippen molar-refractivity contribution in [2.45, 2.75) is 63.2 Å². The van der Waals surface area contributed by atoms with Crippen molar-refractivity contribution in [2.24, 2.45) is 5.41 Å². The van der Waals surface area contributed by atoms with Gasteiger partial charge in [0.15, 0.2) is 0 Å². The second-order valence-electron chi connectivity index (χ2n) is 7.82. The first-order valence-corrected chi connectivity index (χ1v) is 9.88. The maximum Gasteiger partial charge on any atom is 0.240 e. The van der Waals surface area contributed by atoms with Crippen molar-refractivity contribution < 1.29 is 13.5 Å². The molecular formula is C18H29NO3S. The van der Waals surface area contributed by atoms with Crippen LogP contribution in [0.5, 0.6) is 0 Å². The second kappa shape index (κ2) is 6.91. The molecule has 0 spiro atoms. The van der Waals surface area contributed by atoms with Crippen LogP contribution in [-0.4, -0.2) is 26.7 Å². The molecular weight excluding hydrogens is 310 g/mol. The number of benzene rings is 1. The maximum atomic E-state index is 12.5. The minimum absolute atomic E-state index is 0.00123. The summed E-state index contributed by atoms with van der Waals surface area (Å²) in [5.74, 6) is 0. The molecule has 4 nitrogen and oxygen atoms in total. The van der Waals surface area contributed by atoms with Gasteiger partial charge in [-0.1, -0.05) is 52.2 Å². The second-order valence-corrected chi connectivity index (χ2v) is 9.58. The molecule has 1 aliphatic rings. The molecule has 0 radical (unpaired) electrons. The van der Waals surface area contributed by atoms with E-state index in [-0.39, 0.29) is 22.3 Å². The molecule has 0 atom stereocenters. The summed E-state index contributed by atoms with van der Waals surface area (Å²) in [5.41, 5.74) is 0.811. The van der Waals surface area contributed by atoms with Crippen LogP contribution < -0.4 is 4.72 Å². The summed E-state index contributed by atoms with van der Waals surface area (Å²) in [5, 5.41) is 9.70. The molecule has 0 saturated heterocycles. The van der Waals surface area contributed by atoms with Crippen LogP contribution in [0.25, 0.3) is 0 Å². The van der Waals surface area contributed by atoms with E-state index in [1.165, 1.54) is 6.42 Å². The largest absolute Gasteiger partial charge is 0.396 e. The van der Waals surface area contributed by atoms with Crippen LogP contribution in [0.15, 0.2) is 29.2 Å². The van der Waals surface area contributed by atoms with Gasteiger partial charge in [0, 0.05) is 18.6 Å². The predicted molar refractivity (Wildman–Crippen MR) is 92.9 cm³/mol. The van der Waals surface area contributed by atoms with E-state index in [9.17, 15) is 13.5 Å². The maximum absolute atomic E-state index is 12.5. The quantitative estimate of drug-likeness (QED) is 0.866. The first-order chi connectivity index (χ1) is 10.7. The molecule has 0 bridgehead atoms. The summed E-state index contributed by atoms with van der Waals surface area (Å²) < 4.78 is 27.7.